The van der Waals surface area contributed by atoms with Crippen LogP contribution in [0.3, 0.4) is 0 Å². The van der Waals surface area contributed by atoms with Crippen LogP contribution in [0.15, 0.2) is 60.5 Å². The number of allylic oxidation sites excluding steroid dienone is 1. The Hall–Kier alpha value is -2.35. The fourth-order valence-corrected chi connectivity index (χ4v) is 3.64. The number of thioether (sulfide) groups is 1. The van der Waals surface area contributed by atoms with Crippen molar-refractivity contribution in [2.24, 2.45) is 0 Å². The monoisotopic (exact) mass is 433 g/mol. The molecule has 3 aromatic rings. The van der Waals surface area contributed by atoms with Gasteiger partial charge in [0.05, 0.1) is 21.0 Å². The van der Waals surface area contributed by atoms with Gasteiger partial charge in [-0.25, -0.2) is 0 Å². The van der Waals surface area contributed by atoms with Gasteiger partial charge >= 0.3 is 0 Å². The van der Waals surface area contributed by atoms with E-state index in [4.69, 9.17) is 23.2 Å². The summed E-state index contributed by atoms with van der Waals surface area (Å²) in [6, 6.07) is 8.80. The summed E-state index contributed by atoms with van der Waals surface area (Å²) in [6.07, 6.45) is 5.15. The maximum atomic E-state index is 12.6. The first-order chi connectivity index (χ1) is 13.5. The summed E-state index contributed by atoms with van der Waals surface area (Å²) in [5.41, 5.74) is 1.36. The molecule has 1 unspecified atom stereocenters. The summed E-state index contributed by atoms with van der Waals surface area (Å²) in [5, 5.41) is 12.2. The van der Waals surface area contributed by atoms with Gasteiger partial charge in [0.15, 0.2) is 11.0 Å². The van der Waals surface area contributed by atoms with Crippen molar-refractivity contribution in [2.45, 2.75) is 23.9 Å². The van der Waals surface area contributed by atoms with Crippen molar-refractivity contribution >= 4 is 46.6 Å². The molecule has 0 aliphatic carbocycles. The molecular weight excluding hydrogens is 417 g/mol. The van der Waals surface area contributed by atoms with Crippen molar-refractivity contribution < 1.29 is 4.79 Å². The SMILES string of the molecule is C=CCn1c(SC(C)C(=O)Nc2cccc(Cl)c2Cl)nnc1-c1ccncc1. The lowest BCUT2D eigenvalue weighted by atomic mass is 10.2. The summed E-state index contributed by atoms with van der Waals surface area (Å²) in [6.45, 7) is 6.10. The Morgan fingerprint density at radius 3 is 2.75 bits per heavy atom. The molecule has 0 aliphatic heterocycles. The van der Waals surface area contributed by atoms with Gasteiger partial charge in [-0.3, -0.25) is 14.3 Å². The third-order valence-electron chi connectivity index (χ3n) is 3.83. The minimum Gasteiger partial charge on any atom is -0.324 e. The predicted molar refractivity (Wildman–Crippen MR) is 114 cm³/mol. The fraction of sp³-hybridized carbons (Fsp3) is 0.158. The summed E-state index contributed by atoms with van der Waals surface area (Å²) in [5.74, 6) is 0.475. The van der Waals surface area contributed by atoms with Gasteiger partial charge in [-0.1, -0.05) is 47.1 Å². The van der Waals surface area contributed by atoms with Gasteiger partial charge < -0.3 is 5.32 Å². The van der Waals surface area contributed by atoms with E-state index in [0.29, 0.717) is 33.3 Å². The Morgan fingerprint density at radius 1 is 1.29 bits per heavy atom. The molecule has 2 heterocycles. The second-order valence-electron chi connectivity index (χ2n) is 5.79. The smallest absolute Gasteiger partial charge is 0.237 e. The number of carbonyl (C=O) groups is 1. The van der Waals surface area contributed by atoms with Crippen LogP contribution in [0.1, 0.15) is 6.92 Å². The standard InChI is InChI=1S/C19H17Cl2N5OS/c1-3-11-26-17(13-7-9-22-10-8-13)24-25-19(26)28-12(2)18(27)23-15-6-4-5-14(20)16(15)21/h3-10,12H,1,11H2,2H3,(H,23,27). The highest BCUT2D eigenvalue weighted by atomic mass is 35.5. The zero-order valence-electron chi connectivity index (χ0n) is 15.0. The van der Waals surface area contributed by atoms with Gasteiger partial charge in [0, 0.05) is 24.5 Å². The Kier molecular flexibility index (Phi) is 6.72. The van der Waals surface area contributed by atoms with Crippen molar-refractivity contribution in [1.29, 1.82) is 0 Å². The summed E-state index contributed by atoms with van der Waals surface area (Å²) >= 11 is 13.4. The maximum Gasteiger partial charge on any atom is 0.237 e. The predicted octanol–water partition coefficient (Wildman–Crippen LogP) is 4.95. The number of nitrogens with one attached hydrogen (secondary N) is 1. The van der Waals surface area contributed by atoms with E-state index >= 15 is 0 Å². The largest absolute Gasteiger partial charge is 0.324 e. The fourth-order valence-electron chi connectivity index (χ4n) is 2.43. The normalized spacial score (nSPS) is 11.8. The van der Waals surface area contributed by atoms with Crippen molar-refractivity contribution in [3.63, 3.8) is 0 Å². The van der Waals surface area contributed by atoms with E-state index in [9.17, 15) is 4.79 Å². The molecule has 0 saturated carbocycles. The first kappa shape index (κ1) is 20.4. The van der Waals surface area contributed by atoms with Crippen LogP contribution in [0.4, 0.5) is 5.69 Å². The first-order valence-electron chi connectivity index (χ1n) is 8.37. The molecule has 0 fully saturated rings. The summed E-state index contributed by atoms with van der Waals surface area (Å²) < 4.78 is 1.91. The molecule has 9 heteroatoms. The van der Waals surface area contributed by atoms with Crippen molar-refractivity contribution in [3.8, 4) is 11.4 Å². The van der Waals surface area contributed by atoms with E-state index < -0.39 is 5.25 Å². The van der Waals surface area contributed by atoms with Gasteiger partial charge in [-0.05, 0) is 31.2 Å². The van der Waals surface area contributed by atoms with Crippen LogP contribution in [0, 0.1) is 0 Å². The molecule has 144 valence electrons. The van der Waals surface area contributed by atoms with Crippen LogP contribution in [0.2, 0.25) is 10.0 Å². The van der Waals surface area contributed by atoms with Crippen LogP contribution in [-0.4, -0.2) is 30.9 Å². The van der Waals surface area contributed by atoms with Gasteiger partial charge in [-0.15, -0.1) is 16.8 Å². The van der Waals surface area contributed by atoms with E-state index in [0.717, 1.165) is 5.56 Å². The molecule has 0 radical (unpaired) electrons. The number of amides is 1. The number of nitrogens with zero attached hydrogens (tertiary/aromatic N) is 4. The Morgan fingerprint density at radius 2 is 2.04 bits per heavy atom. The number of aromatic nitrogens is 4. The highest BCUT2D eigenvalue weighted by molar-refractivity contribution is 8.00. The Bertz CT molecular complexity index is 993. The van der Waals surface area contributed by atoms with Crippen molar-refractivity contribution in [1.82, 2.24) is 19.7 Å². The second-order valence-corrected chi connectivity index (χ2v) is 7.89. The zero-order valence-corrected chi connectivity index (χ0v) is 17.3. The number of rotatable bonds is 7. The minimum atomic E-state index is -0.437. The number of halogens is 2. The van der Waals surface area contributed by atoms with Gasteiger partial charge in [0.2, 0.25) is 5.91 Å². The van der Waals surface area contributed by atoms with E-state index in [1.54, 1.807) is 43.6 Å². The molecule has 1 amide bonds. The minimum absolute atomic E-state index is 0.215. The van der Waals surface area contributed by atoms with Gasteiger partial charge in [0.25, 0.3) is 0 Å². The number of pyridine rings is 1. The molecule has 2 aromatic heterocycles. The molecule has 1 atom stereocenters. The van der Waals surface area contributed by atoms with Crippen molar-refractivity contribution in [3.05, 3.63) is 65.4 Å². The number of carbonyl (C=O) groups excluding carboxylic acids is 1. The number of hydrogen-bond donors (Lipinski definition) is 1. The van der Waals surface area contributed by atoms with Crippen molar-refractivity contribution in [2.75, 3.05) is 5.32 Å². The number of anilines is 1. The molecule has 28 heavy (non-hydrogen) atoms. The zero-order chi connectivity index (χ0) is 20.1. The third kappa shape index (κ3) is 4.55. The van der Waals surface area contributed by atoms with E-state index in [2.05, 4.69) is 27.1 Å². The lowest BCUT2D eigenvalue weighted by molar-refractivity contribution is -0.115. The lowest BCUT2D eigenvalue weighted by Crippen LogP contribution is -2.23. The van der Waals surface area contributed by atoms with Gasteiger partial charge in [-0.2, -0.15) is 0 Å². The Labute approximate surface area is 177 Å². The van der Waals surface area contributed by atoms with Crippen LogP contribution >= 0.6 is 35.0 Å². The highest BCUT2D eigenvalue weighted by Crippen LogP contribution is 2.31. The highest BCUT2D eigenvalue weighted by Gasteiger charge is 2.21. The van der Waals surface area contributed by atoms with E-state index in [1.165, 1.54) is 11.8 Å². The average Bonchev–Trinajstić information content (AvgIpc) is 3.08. The van der Waals surface area contributed by atoms with Gasteiger partial charge in [0.1, 0.15) is 0 Å². The number of benzene rings is 1. The van der Waals surface area contributed by atoms with E-state index in [-0.39, 0.29) is 5.91 Å². The second kappa shape index (κ2) is 9.23. The molecule has 0 aliphatic rings. The molecule has 3 rings (SSSR count). The topological polar surface area (TPSA) is 72.7 Å². The molecule has 6 nitrogen and oxygen atoms in total. The van der Waals surface area contributed by atoms with Crippen LogP contribution < -0.4 is 5.32 Å². The number of hydrogen-bond acceptors (Lipinski definition) is 5. The molecule has 0 spiro atoms. The average molecular weight is 434 g/mol. The maximum absolute atomic E-state index is 12.6. The van der Waals surface area contributed by atoms with Crippen LogP contribution in [0.5, 0.6) is 0 Å². The Balaban J connectivity index is 1.79. The summed E-state index contributed by atoms with van der Waals surface area (Å²) in [4.78, 5) is 16.6. The first-order valence-corrected chi connectivity index (χ1v) is 10.0. The molecule has 0 bridgehead atoms. The molecular formula is C19H17Cl2N5OS. The molecule has 1 N–H and O–H groups in total. The van der Waals surface area contributed by atoms with Crippen LogP contribution in [0.25, 0.3) is 11.4 Å². The quantitative estimate of drug-likeness (QED) is 0.421. The van der Waals surface area contributed by atoms with Crippen LogP contribution in [-0.2, 0) is 11.3 Å². The van der Waals surface area contributed by atoms with E-state index in [1.807, 2.05) is 16.7 Å². The molecule has 0 saturated heterocycles. The molecule has 1 aromatic carbocycles. The summed E-state index contributed by atoms with van der Waals surface area (Å²) in [7, 11) is 0. The lowest BCUT2D eigenvalue weighted by Gasteiger charge is -2.14. The third-order valence-corrected chi connectivity index (χ3v) is 5.73.